The average molecular weight is 584 g/mol. The standard InChI is InChI=1S/C28H31F2N7O3S/c1-16(2)37-25-23(14-32-27(35-25)33-20-12-28(3,30)15-31-13-20)34-24(26(37)38)18-7-10-21(22(29)11-18)17-5-8-19(9-6-17)36-41(4,39)40/h5-11,14,16,20,31,36H,12-13,15H2,1-4H3,(H,32,33,35)/t20-,28-/m0/s1. The second-order valence-electron chi connectivity index (χ2n) is 10.9. The second kappa shape index (κ2) is 10.8. The Hall–Kier alpha value is -3.97. The number of fused-ring (bicyclic) bond motifs is 1. The van der Waals surface area contributed by atoms with Crippen molar-refractivity contribution < 1.29 is 17.2 Å². The molecule has 5 rings (SSSR count). The largest absolute Gasteiger partial charge is 0.350 e. The summed E-state index contributed by atoms with van der Waals surface area (Å²) in [6.45, 7) is 6.05. The first-order chi connectivity index (χ1) is 19.3. The highest BCUT2D eigenvalue weighted by atomic mass is 32.2. The number of hydrogen-bond acceptors (Lipinski definition) is 8. The van der Waals surface area contributed by atoms with Gasteiger partial charge >= 0.3 is 0 Å². The van der Waals surface area contributed by atoms with Gasteiger partial charge in [0.25, 0.3) is 5.56 Å². The summed E-state index contributed by atoms with van der Waals surface area (Å²) in [5.74, 6) is -0.307. The van der Waals surface area contributed by atoms with Crippen molar-refractivity contribution >= 4 is 32.8 Å². The fourth-order valence-corrected chi connectivity index (χ4v) is 5.58. The van der Waals surface area contributed by atoms with Gasteiger partial charge < -0.3 is 10.6 Å². The number of nitrogens with zero attached hydrogens (tertiary/aromatic N) is 4. The number of piperidine rings is 1. The number of rotatable bonds is 7. The summed E-state index contributed by atoms with van der Waals surface area (Å²) in [5.41, 5.74) is 0.411. The first-order valence-electron chi connectivity index (χ1n) is 13.1. The fourth-order valence-electron chi connectivity index (χ4n) is 5.02. The molecule has 216 valence electrons. The Morgan fingerprint density at radius 3 is 2.46 bits per heavy atom. The predicted octanol–water partition coefficient (Wildman–Crippen LogP) is 4.11. The molecule has 2 aromatic carbocycles. The van der Waals surface area contributed by atoms with E-state index in [1.54, 1.807) is 43.3 Å². The molecule has 0 aliphatic carbocycles. The SMILES string of the molecule is CC(C)n1c(=O)c(-c2ccc(-c3ccc(NS(C)(=O)=O)cc3)c(F)c2)nc2cnc(N[C@@H]3CNC[C@@](C)(F)C3)nc21. The Bertz CT molecular complexity index is 1770. The first-order valence-corrected chi connectivity index (χ1v) is 15.0. The average Bonchev–Trinajstić information content (AvgIpc) is 2.87. The van der Waals surface area contributed by atoms with Crippen molar-refractivity contribution in [3.63, 3.8) is 0 Å². The normalized spacial score (nSPS) is 19.4. The zero-order valence-electron chi connectivity index (χ0n) is 23.1. The lowest BCUT2D eigenvalue weighted by Crippen LogP contribution is -2.50. The molecule has 2 aromatic heterocycles. The topological polar surface area (TPSA) is 131 Å². The Morgan fingerprint density at radius 2 is 1.83 bits per heavy atom. The Balaban J connectivity index is 1.48. The van der Waals surface area contributed by atoms with E-state index in [4.69, 9.17) is 0 Å². The van der Waals surface area contributed by atoms with Gasteiger partial charge in [-0.25, -0.2) is 27.2 Å². The smallest absolute Gasteiger partial charge is 0.278 e. The van der Waals surface area contributed by atoms with Gasteiger partial charge in [0.2, 0.25) is 16.0 Å². The van der Waals surface area contributed by atoms with Crippen molar-refractivity contribution in [3.8, 4) is 22.4 Å². The number of anilines is 2. The summed E-state index contributed by atoms with van der Waals surface area (Å²) < 4.78 is 56.5. The van der Waals surface area contributed by atoms with Crippen LogP contribution in [0.15, 0.2) is 53.5 Å². The van der Waals surface area contributed by atoms with E-state index in [9.17, 15) is 17.6 Å². The molecule has 10 nitrogen and oxygen atoms in total. The molecule has 3 heterocycles. The molecule has 3 N–H and O–H groups in total. The van der Waals surface area contributed by atoms with Crippen molar-refractivity contribution in [3.05, 3.63) is 64.8 Å². The van der Waals surface area contributed by atoms with Crippen molar-refractivity contribution in [2.24, 2.45) is 0 Å². The van der Waals surface area contributed by atoms with Crippen molar-refractivity contribution in [2.75, 3.05) is 29.4 Å². The molecule has 0 radical (unpaired) electrons. The molecule has 1 aliphatic rings. The first kappa shape index (κ1) is 28.6. The van der Waals surface area contributed by atoms with Crippen molar-refractivity contribution in [1.82, 2.24) is 24.8 Å². The molecule has 0 saturated carbocycles. The van der Waals surface area contributed by atoms with E-state index < -0.39 is 27.1 Å². The highest BCUT2D eigenvalue weighted by molar-refractivity contribution is 7.92. The Labute approximate surface area is 236 Å². The van der Waals surface area contributed by atoms with Gasteiger partial charge in [-0.15, -0.1) is 0 Å². The summed E-state index contributed by atoms with van der Waals surface area (Å²) in [7, 11) is -3.43. The van der Waals surface area contributed by atoms with Gasteiger partial charge in [-0.3, -0.25) is 14.1 Å². The summed E-state index contributed by atoms with van der Waals surface area (Å²) in [5, 5.41) is 6.21. The van der Waals surface area contributed by atoms with Gasteiger partial charge in [-0.1, -0.05) is 24.3 Å². The Morgan fingerprint density at radius 1 is 1.12 bits per heavy atom. The molecule has 41 heavy (non-hydrogen) atoms. The highest BCUT2D eigenvalue weighted by Crippen LogP contribution is 2.29. The van der Waals surface area contributed by atoms with Gasteiger partial charge in [-0.2, -0.15) is 4.98 Å². The van der Waals surface area contributed by atoms with Crippen LogP contribution in [-0.2, 0) is 10.0 Å². The quantitative estimate of drug-likeness (QED) is 0.296. The highest BCUT2D eigenvalue weighted by Gasteiger charge is 2.32. The third-order valence-corrected chi connectivity index (χ3v) is 7.39. The molecular weight excluding hydrogens is 552 g/mol. The van der Waals surface area contributed by atoms with Gasteiger partial charge in [-0.05, 0) is 44.5 Å². The van der Waals surface area contributed by atoms with Crippen LogP contribution in [0, 0.1) is 5.82 Å². The van der Waals surface area contributed by atoms with E-state index in [0.717, 1.165) is 6.26 Å². The van der Waals surface area contributed by atoms with Gasteiger partial charge in [0.05, 0.1) is 12.5 Å². The number of halogens is 2. The molecule has 2 atom stereocenters. The predicted molar refractivity (Wildman–Crippen MR) is 156 cm³/mol. The van der Waals surface area contributed by atoms with E-state index in [1.807, 2.05) is 13.8 Å². The molecule has 1 saturated heterocycles. The molecular formula is C28H31F2N7O3S. The van der Waals surface area contributed by atoms with Crippen LogP contribution in [0.1, 0.15) is 33.2 Å². The van der Waals surface area contributed by atoms with Crippen LogP contribution >= 0.6 is 0 Å². The summed E-state index contributed by atoms with van der Waals surface area (Å²) in [6.07, 6.45) is 2.83. The minimum absolute atomic E-state index is 0.0540. The number of benzene rings is 2. The number of aromatic nitrogens is 4. The van der Waals surface area contributed by atoms with E-state index >= 15 is 4.39 Å². The number of nitrogens with one attached hydrogen (secondary N) is 3. The summed E-state index contributed by atoms with van der Waals surface area (Å²) in [4.78, 5) is 27.0. The minimum atomic E-state index is -3.43. The summed E-state index contributed by atoms with van der Waals surface area (Å²) >= 11 is 0. The minimum Gasteiger partial charge on any atom is -0.350 e. The van der Waals surface area contributed by atoms with Crippen LogP contribution in [0.3, 0.4) is 0 Å². The van der Waals surface area contributed by atoms with Crippen LogP contribution < -0.4 is 20.9 Å². The monoisotopic (exact) mass is 583 g/mol. The van der Waals surface area contributed by atoms with E-state index in [1.165, 1.54) is 16.8 Å². The lowest BCUT2D eigenvalue weighted by atomic mass is 9.95. The molecule has 4 aromatic rings. The fraction of sp³-hybridized carbons (Fsp3) is 0.357. The number of alkyl halides is 1. The molecule has 13 heteroatoms. The maximum absolute atomic E-state index is 15.3. The van der Waals surface area contributed by atoms with Gasteiger partial charge in [0, 0.05) is 48.4 Å². The van der Waals surface area contributed by atoms with Crippen molar-refractivity contribution in [1.29, 1.82) is 0 Å². The molecule has 0 bridgehead atoms. The third-order valence-electron chi connectivity index (χ3n) is 6.78. The van der Waals surface area contributed by atoms with Crippen LogP contribution in [-0.4, -0.2) is 59.0 Å². The Kier molecular flexibility index (Phi) is 7.51. The van der Waals surface area contributed by atoms with Crippen LogP contribution in [0.5, 0.6) is 0 Å². The van der Waals surface area contributed by atoms with Crippen LogP contribution in [0.4, 0.5) is 20.4 Å². The number of hydrogen-bond donors (Lipinski definition) is 3. The summed E-state index contributed by atoms with van der Waals surface area (Å²) in [6, 6.07) is 10.2. The molecule has 0 amide bonds. The van der Waals surface area contributed by atoms with Crippen molar-refractivity contribution in [2.45, 2.75) is 44.9 Å². The van der Waals surface area contributed by atoms with Crippen LogP contribution in [0.2, 0.25) is 0 Å². The van der Waals surface area contributed by atoms with E-state index in [2.05, 4.69) is 30.3 Å². The zero-order chi connectivity index (χ0) is 29.5. The van der Waals surface area contributed by atoms with Gasteiger partial charge in [0.1, 0.15) is 22.7 Å². The maximum Gasteiger partial charge on any atom is 0.278 e. The second-order valence-corrected chi connectivity index (χ2v) is 12.6. The maximum atomic E-state index is 15.3. The molecule has 1 fully saturated rings. The van der Waals surface area contributed by atoms with Gasteiger partial charge in [0.15, 0.2) is 5.65 Å². The van der Waals surface area contributed by atoms with E-state index in [-0.39, 0.29) is 35.8 Å². The van der Waals surface area contributed by atoms with Crippen LogP contribution in [0.25, 0.3) is 33.5 Å². The number of sulfonamides is 1. The zero-order valence-corrected chi connectivity index (χ0v) is 23.9. The molecule has 0 unspecified atom stereocenters. The molecule has 0 spiro atoms. The van der Waals surface area contributed by atoms with E-state index in [0.29, 0.717) is 40.9 Å². The third kappa shape index (κ3) is 6.35. The lowest BCUT2D eigenvalue weighted by Gasteiger charge is -2.33. The lowest BCUT2D eigenvalue weighted by molar-refractivity contribution is 0.137. The molecule has 1 aliphatic heterocycles.